The lowest BCUT2D eigenvalue weighted by molar-refractivity contribution is 0.0696. The van der Waals surface area contributed by atoms with Crippen molar-refractivity contribution in [2.45, 2.75) is 25.7 Å². The first-order chi connectivity index (χ1) is 10.1. The molecule has 0 radical (unpaired) electrons. The Balaban J connectivity index is 1.78. The van der Waals surface area contributed by atoms with Crippen LogP contribution in [0.3, 0.4) is 0 Å². The highest BCUT2D eigenvalue weighted by Crippen LogP contribution is 2.30. The van der Waals surface area contributed by atoms with Crippen LogP contribution in [0.1, 0.15) is 43.3 Å². The number of aryl methyl sites for hydroxylation is 2. The molecule has 1 heterocycles. The standard InChI is InChI=1S/C16H15NO3S/c18-15(14-9-10-4-1-2-7-13(10)21-14)17-12-6-3-5-11(8-12)16(19)20/h3,5-6,8-9H,1-2,4,7H2,(H,17,18)(H,19,20). The van der Waals surface area contributed by atoms with Gasteiger partial charge in [-0.2, -0.15) is 0 Å². The largest absolute Gasteiger partial charge is 0.478 e. The Labute approximate surface area is 126 Å². The summed E-state index contributed by atoms with van der Waals surface area (Å²) in [5, 5.41) is 11.7. The summed E-state index contributed by atoms with van der Waals surface area (Å²) in [7, 11) is 0. The fraction of sp³-hybridized carbons (Fsp3) is 0.250. The third-order valence-corrected chi connectivity index (χ3v) is 4.82. The molecule has 0 aliphatic heterocycles. The zero-order valence-corrected chi connectivity index (χ0v) is 12.2. The Hall–Kier alpha value is -2.14. The number of fused-ring (bicyclic) bond motifs is 1. The van der Waals surface area contributed by atoms with Crippen molar-refractivity contribution < 1.29 is 14.7 Å². The molecule has 1 aromatic carbocycles. The van der Waals surface area contributed by atoms with Gasteiger partial charge < -0.3 is 10.4 Å². The number of amides is 1. The van der Waals surface area contributed by atoms with Crippen LogP contribution in [0.4, 0.5) is 5.69 Å². The summed E-state index contributed by atoms with van der Waals surface area (Å²) >= 11 is 1.54. The molecule has 1 amide bonds. The number of benzene rings is 1. The van der Waals surface area contributed by atoms with Crippen LogP contribution >= 0.6 is 11.3 Å². The van der Waals surface area contributed by atoms with Gasteiger partial charge in [0, 0.05) is 10.6 Å². The lowest BCUT2D eigenvalue weighted by Crippen LogP contribution is -2.10. The molecule has 0 atom stereocenters. The van der Waals surface area contributed by atoms with Gasteiger partial charge in [0.15, 0.2) is 0 Å². The minimum absolute atomic E-state index is 0.165. The predicted octanol–water partition coefficient (Wildman–Crippen LogP) is 3.58. The molecule has 0 bridgehead atoms. The number of rotatable bonds is 3. The molecule has 0 spiro atoms. The van der Waals surface area contributed by atoms with Crippen molar-refractivity contribution in [2.75, 3.05) is 5.32 Å². The average Bonchev–Trinajstić information content (AvgIpc) is 2.91. The first-order valence-electron chi connectivity index (χ1n) is 6.90. The van der Waals surface area contributed by atoms with E-state index in [0.29, 0.717) is 10.6 Å². The Morgan fingerprint density at radius 2 is 1.95 bits per heavy atom. The van der Waals surface area contributed by atoms with E-state index in [1.165, 1.54) is 35.4 Å². The summed E-state index contributed by atoms with van der Waals surface area (Å²) in [5.41, 5.74) is 1.96. The first kappa shape index (κ1) is 13.8. The molecule has 0 saturated carbocycles. The maximum Gasteiger partial charge on any atom is 0.335 e. The zero-order valence-electron chi connectivity index (χ0n) is 11.4. The van der Waals surface area contributed by atoms with Crippen LogP contribution in [-0.2, 0) is 12.8 Å². The van der Waals surface area contributed by atoms with Crippen molar-refractivity contribution in [1.29, 1.82) is 0 Å². The second kappa shape index (κ2) is 5.69. The minimum Gasteiger partial charge on any atom is -0.478 e. The van der Waals surface area contributed by atoms with E-state index in [-0.39, 0.29) is 11.5 Å². The third kappa shape index (κ3) is 2.97. The van der Waals surface area contributed by atoms with Crippen LogP contribution in [0.5, 0.6) is 0 Å². The lowest BCUT2D eigenvalue weighted by atomic mass is 9.99. The maximum atomic E-state index is 12.3. The van der Waals surface area contributed by atoms with E-state index in [0.717, 1.165) is 12.8 Å². The Bertz CT molecular complexity index is 682. The Morgan fingerprint density at radius 3 is 2.71 bits per heavy atom. The number of nitrogens with one attached hydrogen (secondary N) is 1. The monoisotopic (exact) mass is 301 g/mol. The topological polar surface area (TPSA) is 66.4 Å². The number of aromatic carboxylic acids is 1. The highest BCUT2D eigenvalue weighted by Gasteiger charge is 2.17. The summed E-state index contributed by atoms with van der Waals surface area (Å²) in [4.78, 5) is 25.2. The van der Waals surface area contributed by atoms with E-state index in [4.69, 9.17) is 5.11 Å². The molecular formula is C16H15NO3S. The van der Waals surface area contributed by atoms with Crippen LogP contribution in [0.25, 0.3) is 0 Å². The van der Waals surface area contributed by atoms with E-state index in [1.807, 2.05) is 6.07 Å². The van der Waals surface area contributed by atoms with Gasteiger partial charge in [0.25, 0.3) is 5.91 Å². The Kier molecular flexibility index (Phi) is 3.75. The van der Waals surface area contributed by atoms with Crippen LogP contribution in [0.15, 0.2) is 30.3 Å². The van der Waals surface area contributed by atoms with Crippen molar-refractivity contribution in [2.24, 2.45) is 0 Å². The van der Waals surface area contributed by atoms with Crippen molar-refractivity contribution in [3.63, 3.8) is 0 Å². The van der Waals surface area contributed by atoms with E-state index in [9.17, 15) is 9.59 Å². The molecule has 4 nitrogen and oxygen atoms in total. The lowest BCUT2D eigenvalue weighted by Gasteiger charge is -2.08. The molecule has 1 aliphatic carbocycles. The molecule has 2 aromatic rings. The Morgan fingerprint density at radius 1 is 1.14 bits per heavy atom. The van der Waals surface area contributed by atoms with E-state index < -0.39 is 5.97 Å². The molecule has 0 unspecified atom stereocenters. The van der Waals surface area contributed by atoms with E-state index >= 15 is 0 Å². The number of hydrogen-bond donors (Lipinski definition) is 2. The molecule has 0 saturated heterocycles. The summed E-state index contributed by atoms with van der Waals surface area (Å²) in [5.74, 6) is -1.17. The van der Waals surface area contributed by atoms with Crippen molar-refractivity contribution in [3.05, 3.63) is 51.2 Å². The van der Waals surface area contributed by atoms with E-state index in [1.54, 1.807) is 23.5 Å². The molecule has 1 aromatic heterocycles. The summed E-state index contributed by atoms with van der Waals surface area (Å²) in [6.07, 6.45) is 4.48. The summed E-state index contributed by atoms with van der Waals surface area (Å²) in [6, 6.07) is 8.25. The zero-order chi connectivity index (χ0) is 14.8. The van der Waals surface area contributed by atoms with Crippen molar-refractivity contribution in [1.82, 2.24) is 0 Å². The molecule has 2 N–H and O–H groups in total. The van der Waals surface area contributed by atoms with Gasteiger partial charge in [-0.05, 0) is 55.5 Å². The SMILES string of the molecule is O=C(O)c1cccc(NC(=O)c2cc3c(s2)CCCC3)c1. The normalized spacial score (nSPS) is 13.5. The molecule has 3 rings (SSSR count). The fourth-order valence-corrected chi connectivity index (χ4v) is 3.67. The van der Waals surface area contributed by atoms with Gasteiger partial charge in [0.05, 0.1) is 10.4 Å². The van der Waals surface area contributed by atoms with Gasteiger partial charge in [-0.15, -0.1) is 11.3 Å². The smallest absolute Gasteiger partial charge is 0.335 e. The molecule has 21 heavy (non-hydrogen) atoms. The molecular weight excluding hydrogens is 286 g/mol. The van der Waals surface area contributed by atoms with Gasteiger partial charge in [0.1, 0.15) is 0 Å². The van der Waals surface area contributed by atoms with Crippen LogP contribution in [0, 0.1) is 0 Å². The van der Waals surface area contributed by atoms with Crippen molar-refractivity contribution in [3.8, 4) is 0 Å². The van der Waals surface area contributed by atoms with Gasteiger partial charge in [-0.3, -0.25) is 4.79 Å². The minimum atomic E-state index is -1.00. The van der Waals surface area contributed by atoms with Gasteiger partial charge in [-0.1, -0.05) is 6.07 Å². The van der Waals surface area contributed by atoms with Crippen LogP contribution < -0.4 is 5.32 Å². The second-order valence-electron chi connectivity index (χ2n) is 5.11. The van der Waals surface area contributed by atoms with E-state index in [2.05, 4.69) is 5.32 Å². The van der Waals surface area contributed by atoms with Gasteiger partial charge in [-0.25, -0.2) is 4.79 Å². The molecule has 0 fully saturated rings. The van der Waals surface area contributed by atoms with Crippen LogP contribution in [-0.4, -0.2) is 17.0 Å². The summed E-state index contributed by atoms with van der Waals surface area (Å²) in [6.45, 7) is 0. The predicted molar refractivity (Wildman–Crippen MR) is 82.3 cm³/mol. The molecule has 1 aliphatic rings. The van der Waals surface area contributed by atoms with Gasteiger partial charge >= 0.3 is 5.97 Å². The number of carbonyl (C=O) groups excluding carboxylic acids is 1. The number of carboxylic acids is 1. The quantitative estimate of drug-likeness (QED) is 0.910. The fourth-order valence-electron chi connectivity index (χ4n) is 2.53. The number of hydrogen-bond acceptors (Lipinski definition) is 3. The van der Waals surface area contributed by atoms with Crippen LogP contribution in [0.2, 0.25) is 0 Å². The second-order valence-corrected chi connectivity index (χ2v) is 6.24. The number of thiophene rings is 1. The number of carbonyl (C=O) groups is 2. The highest BCUT2D eigenvalue weighted by atomic mass is 32.1. The first-order valence-corrected chi connectivity index (χ1v) is 7.71. The highest BCUT2D eigenvalue weighted by molar-refractivity contribution is 7.14. The average molecular weight is 301 g/mol. The maximum absolute atomic E-state index is 12.3. The number of carboxylic acid groups (broad SMARTS) is 1. The molecule has 5 heteroatoms. The van der Waals surface area contributed by atoms with Crippen molar-refractivity contribution >= 4 is 28.9 Å². The van der Waals surface area contributed by atoms with Gasteiger partial charge in [0.2, 0.25) is 0 Å². The number of anilines is 1. The third-order valence-electron chi connectivity index (χ3n) is 3.59. The molecule has 108 valence electrons. The summed E-state index contributed by atoms with van der Waals surface area (Å²) < 4.78 is 0.